The minimum Gasteiger partial charge on any atom is -0.295 e. The molecule has 88 valence electrons. The fourth-order valence-corrected chi connectivity index (χ4v) is 3.06. The lowest BCUT2D eigenvalue weighted by molar-refractivity contribution is 0.0430. The third kappa shape index (κ3) is 1.58. The Morgan fingerprint density at radius 2 is 2.12 bits per heavy atom. The molecular weight excluding hydrogens is 198 g/mol. The first-order valence-corrected chi connectivity index (χ1v) is 6.43. The highest BCUT2D eigenvalue weighted by atomic mass is 15.3. The van der Waals surface area contributed by atoms with Crippen molar-refractivity contribution in [2.75, 3.05) is 6.54 Å². The number of fused-ring (bicyclic) bond motifs is 1. The molecule has 0 radical (unpaired) electrons. The average Bonchev–Trinajstić information content (AvgIpc) is 2.53. The molecule has 0 saturated heterocycles. The van der Waals surface area contributed by atoms with Gasteiger partial charge in [0.15, 0.2) is 0 Å². The molecule has 0 N–H and O–H groups in total. The Balaban J connectivity index is 1.92. The zero-order valence-corrected chi connectivity index (χ0v) is 10.3. The Morgan fingerprint density at radius 3 is 2.75 bits per heavy atom. The van der Waals surface area contributed by atoms with Gasteiger partial charge in [0.2, 0.25) is 0 Å². The molecule has 1 aromatic heterocycles. The van der Waals surface area contributed by atoms with Gasteiger partial charge >= 0.3 is 0 Å². The minimum absolute atomic E-state index is 0.529. The highest BCUT2D eigenvalue weighted by molar-refractivity contribution is 5.06. The Hall–Kier alpha value is -0.830. The van der Waals surface area contributed by atoms with Crippen LogP contribution >= 0.6 is 0 Å². The van der Waals surface area contributed by atoms with Gasteiger partial charge in [-0.25, -0.2) is 0 Å². The number of rotatable bonds is 1. The van der Waals surface area contributed by atoms with E-state index >= 15 is 0 Å². The van der Waals surface area contributed by atoms with E-state index in [1.165, 1.54) is 31.5 Å². The molecule has 2 heterocycles. The van der Waals surface area contributed by atoms with Crippen LogP contribution in [0.3, 0.4) is 0 Å². The second-order valence-electron chi connectivity index (χ2n) is 5.83. The largest absolute Gasteiger partial charge is 0.295 e. The second kappa shape index (κ2) is 3.59. The van der Waals surface area contributed by atoms with E-state index in [4.69, 9.17) is 0 Å². The lowest BCUT2D eigenvalue weighted by atomic mass is 9.68. The second-order valence-corrected chi connectivity index (χ2v) is 5.83. The molecule has 1 aliphatic heterocycles. The van der Waals surface area contributed by atoms with Crippen LogP contribution in [-0.4, -0.2) is 27.3 Å². The molecule has 3 nitrogen and oxygen atoms in total. The summed E-state index contributed by atoms with van der Waals surface area (Å²) in [5.74, 6) is 0. The molecular formula is C13H21N3. The highest BCUT2D eigenvalue weighted by Crippen LogP contribution is 2.44. The summed E-state index contributed by atoms with van der Waals surface area (Å²) >= 11 is 0. The molecule has 0 amide bonds. The van der Waals surface area contributed by atoms with E-state index in [9.17, 15) is 0 Å². The van der Waals surface area contributed by atoms with Gasteiger partial charge in [0.05, 0.1) is 5.69 Å². The molecule has 1 aliphatic carbocycles. The summed E-state index contributed by atoms with van der Waals surface area (Å²) in [5.41, 5.74) is 1.92. The molecule has 3 heteroatoms. The van der Waals surface area contributed by atoms with Gasteiger partial charge in [0.1, 0.15) is 0 Å². The van der Waals surface area contributed by atoms with Crippen LogP contribution in [0, 0.1) is 5.41 Å². The van der Waals surface area contributed by atoms with Crippen LogP contribution in [0.25, 0.3) is 0 Å². The predicted octanol–water partition coefficient (Wildman–Crippen LogP) is 2.28. The quantitative estimate of drug-likeness (QED) is 0.722. The van der Waals surface area contributed by atoms with E-state index in [-0.39, 0.29) is 0 Å². The maximum atomic E-state index is 4.48. The molecule has 1 spiro atoms. The zero-order valence-electron chi connectivity index (χ0n) is 10.3. The van der Waals surface area contributed by atoms with Crippen molar-refractivity contribution in [3.63, 3.8) is 0 Å². The molecule has 1 aromatic rings. The number of hydrogen-bond acceptors (Lipinski definition) is 2. The summed E-state index contributed by atoms with van der Waals surface area (Å²) in [6, 6.07) is 2.81. The average molecular weight is 219 g/mol. The monoisotopic (exact) mass is 219 g/mol. The van der Waals surface area contributed by atoms with Gasteiger partial charge in [-0.3, -0.25) is 9.58 Å². The van der Waals surface area contributed by atoms with E-state index in [0.29, 0.717) is 11.5 Å². The first kappa shape index (κ1) is 10.3. The number of nitrogens with zero attached hydrogens (tertiary/aromatic N) is 3. The lowest BCUT2D eigenvalue weighted by Crippen LogP contribution is -2.44. The molecule has 1 saturated carbocycles. The Bertz CT molecular complexity index is 376. The molecule has 0 unspecified atom stereocenters. The molecule has 2 aliphatic rings. The van der Waals surface area contributed by atoms with Crippen molar-refractivity contribution in [2.45, 2.75) is 52.2 Å². The van der Waals surface area contributed by atoms with Crippen LogP contribution < -0.4 is 0 Å². The van der Waals surface area contributed by atoms with E-state index < -0.39 is 0 Å². The smallest absolute Gasteiger partial charge is 0.0524 e. The van der Waals surface area contributed by atoms with E-state index in [0.717, 1.165) is 13.1 Å². The van der Waals surface area contributed by atoms with Gasteiger partial charge in [-0.2, -0.15) is 5.10 Å². The Kier molecular flexibility index (Phi) is 2.32. The first-order valence-electron chi connectivity index (χ1n) is 6.43. The predicted molar refractivity (Wildman–Crippen MR) is 64.1 cm³/mol. The molecule has 0 atom stereocenters. The summed E-state index contributed by atoms with van der Waals surface area (Å²) in [6.45, 7) is 8.07. The topological polar surface area (TPSA) is 21.1 Å². The van der Waals surface area contributed by atoms with E-state index in [1.54, 1.807) is 0 Å². The van der Waals surface area contributed by atoms with Crippen LogP contribution in [-0.2, 0) is 13.1 Å². The molecule has 0 aromatic carbocycles. The maximum Gasteiger partial charge on any atom is 0.0524 e. The van der Waals surface area contributed by atoms with Crippen molar-refractivity contribution in [3.05, 3.63) is 18.0 Å². The highest BCUT2D eigenvalue weighted by Gasteiger charge is 2.41. The van der Waals surface area contributed by atoms with Crippen molar-refractivity contribution < 1.29 is 0 Å². The van der Waals surface area contributed by atoms with E-state index in [1.807, 2.05) is 6.20 Å². The Morgan fingerprint density at radius 1 is 1.31 bits per heavy atom. The SMILES string of the molecule is CC(C)N1Cc2ccnn2CC2(CCC2)C1. The minimum atomic E-state index is 0.529. The third-order valence-electron chi connectivity index (χ3n) is 4.34. The lowest BCUT2D eigenvalue weighted by Gasteiger charge is -2.44. The van der Waals surface area contributed by atoms with Crippen molar-refractivity contribution in [1.82, 2.24) is 14.7 Å². The van der Waals surface area contributed by atoms with Crippen LogP contribution in [0.4, 0.5) is 0 Å². The van der Waals surface area contributed by atoms with Gasteiger partial charge in [0.25, 0.3) is 0 Å². The van der Waals surface area contributed by atoms with Gasteiger partial charge in [-0.1, -0.05) is 6.42 Å². The molecule has 0 bridgehead atoms. The molecule has 16 heavy (non-hydrogen) atoms. The van der Waals surface area contributed by atoms with Crippen molar-refractivity contribution in [2.24, 2.45) is 5.41 Å². The molecule has 1 fully saturated rings. The fraction of sp³-hybridized carbons (Fsp3) is 0.769. The summed E-state index contributed by atoms with van der Waals surface area (Å²) in [5, 5.41) is 4.48. The summed E-state index contributed by atoms with van der Waals surface area (Å²) in [6.07, 6.45) is 6.12. The van der Waals surface area contributed by atoms with Crippen LogP contribution in [0.5, 0.6) is 0 Å². The van der Waals surface area contributed by atoms with Gasteiger partial charge < -0.3 is 0 Å². The van der Waals surface area contributed by atoms with Crippen LogP contribution in [0.1, 0.15) is 38.8 Å². The zero-order chi connectivity index (χ0) is 11.2. The van der Waals surface area contributed by atoms with Crippen LogP contribution in [0.15, 0.2) is 12.3 Å². The first-order chi connectivity index (χ1) is 7.69. The standard InChI is InChI=1S/C13H21N3/c1-11(2)15-8-12-4-7-14-16(12)10-13(9-15)5-3-6-13/h4,7,11H,3,5-6,8-10H2,1-2H3. The van der Waals surface area contributed by atoms with Gasteiger partial charge in [-0.15, -0.1) is 0 Å². The number of hydrogen-bond donors (Lipinski definition) is 0. The maximum absolute atomic E-state index is 4.48. The van der Waals surface area contributed by atoms with Crippen molar-refractivity contribution in [1.29, 1.82) is 0 Å². The third-order valence-corrected chi connectivity index (χ3v) is 4.34. The summed E-state index contributed by atoms with van der Waals surface area (Å²) < 4.78 is 2.24. The van der Waals surface area contributed by atoms with Gasteiger partial charge in [0, 0.05) is 37.3 Å². The summed E-state index contributed by atoms with van der Waals surface area (Å²) in [7, 11) is 0. The molecule has 3 rings (SSSR count). The van der Waals surface area contributed by atoms with E-state index in [2.05, 4.69) is 34.6 Å². The van der Waals surface area contributed by atoms with Gasteiger partial charge in [-0.05, 0) is 32.8 Å². The normalized spacial score (nSPS) is 24.2. The number of aromatic nitrogens is 2. The Labute approximate surface area is 97.4 Å². The fourth-order valence-electron chi connectivity index (χ4n) is 3.06. The van der Waals surface area contributed by atoms with Crippen LogP contribution in [0.2, 0.25) is 0 Å². The van der Waals surface area contributed by atoms with Crippen molar-refractivity contribution in [3.8, 4) is 0 Å². The summed E-state index contributed by atoms with van der Waals surface area (Å²) in [4.78, 5) is 2.61. The van der Waals surface area contributed by atoms with Crippen molar-refractivity contribution >= 4 is 0 Å².